The summed E-state index contributed by atoms with van der Waals surface area (Å²) in [5, 5.41) is 0. The smallest absolute Gasteiger partial charge is 0.235 e. The Morgan fingerprint density at radius 2 is 2.17 bits per heavy atom. The molecule has 0 unspecified atom stereocenters. The zero-order valence-electron chi connectivity index (χ0n) is 6.87. The molecule has 1 aliphatic rings. The molecule has 2 radical (unpaired) electrons. The molecule has 0 aromatic heterocycles. The molecule has 1 aromatic rings. The second-order valence-electron chi connectivity index (χ2n) is 2.85. The molecule has 2 nitrogen and oxygen atoms in total. The molecule has 0 N–H and O–H groups in total. The van der Waals surface area contributed by atoms with Crippen LogP contribution in [0.3, 0.4) is 0 Å². The summed E-state index contributed by atoms with van der Waals surface area (Å²) in [6.45, 7) is 0. The third-order valence-corrected chi connectivity index (χ3v) is 2.09. The average molecular weight is 159 g/mol. The molecule has 0 spiro atoms. The monoisotopic (exact) mass is 159 g/mol. The predicted octanol–water partition coefficient (Wildman–Crippen LogP) is 1.29. The average Bonchev–Trinajstić information content (AvgIpc) is 2.12. The third-order valence-electron chi connectivity index (χ3n) is 2.09. The number of carbonyl (C=O) groups excluding carboxylic acids is 1. The minimum Gasteiger partial charge on any atom is -0.315 e. The molecule has 12 heavy (non-hydrogen) atoms. The van der Waals surface area contributed by atoms with Crippen LogP contribution in [-0.2, 0) is 11.2 Å². The van der Waals surface area contributed by atoms with E-state index in [0.29, 0.717) is 6.42 Å². The molecule has 2 rings (SSSR count). The Labute approximate surface area is 71.8 Å². The van der Waals surface area contributed by atoms with Gasteiger partial charge in [-0.1, -0.05) is 18.2 Å². The van der Waals surface area contributed by atoms with Gasteiger partial charge in [0.2, 0.25) is 5.91 Å². The van der Waals surface area contributed by atoms with Crippen LogP contribution in [0.2, 0.25) is 0 Å². The Balaban J connectivity index is 2.48. The van der Waals surface area contributed by atoms with Gasteiger partial charge in [0.05, 0.1) is 6.42 Å². The highest BCUT2D eigenvalue weighted by molar-refractivity contribution is 6.01. The van der Waals surface area contributed by atoms with Gasteiger partial charge in [-0.25, -0.2) is 0 Å². The van der Waals surface area contributed by atoms with E-state index < -0.39 is 0 Å². The lowest BCUT2D eigenvalue weighted by atomic mass is 10.0. The SMILES string of the molecule is CN1C(=O)[C]Cc2ccccc21. The van der Waals surface area contributed by atoms with Crippen LogP contribution < -0.4 is 4.90 Å². The standard InChI is InChI=1S/C10H9NO/c1-11-9-5-3-2-4-8(9)6-7-10(11)12/h2-5H,6H2,1H3. The van der Waals surface area contributed by atoms with E-state index in [0.717, 1.165) is 5.69 Å². The first-order valence-corrected chi connectivity index (χ1v) is 3.88. The van der Waals surface area contributed by atoms with E-state index >= 15 is 0 Å². The van der Waals surface area contributed by atoms with Crippen molar-refractivity contribution in [2.24, 2.45) is 0 Å². The van der Waals surface area contributed by atoms with Crippen LogP contribution in [0.4, 0.5) is 5.69 Å². The third kappa shape index (κ3) is 0.998. The van der Waals surface area contributed by atoms with E-state index in [4.69, 9.17) is 0 Å². The molecule has 0 aliphatic carbocycles. The highest BCUT2D eigenvalue weighted by Gasteiger charge is 2.20. The van der Waals surface area contributed by atoms with E-state index in [1.807, 2.05) is 24.3 Å². The van der Waals surface area contributed by atoms with Crippen molar-refractivity contribution < 1.29 is 4.79 Å². The van der Waals surface area contributed by atoms with Crippen LogP contribution in [0.25, 0.3) is 0 Å². The fraction of sp³-hybridized carbons (Fsp3) is 0.200. The normalized spacial score (nSPS) is 16.1. The summed E-state index contributed by atoms with van der Waals surface area (Å²) in [5.74, 6) is -0.0336. The fourth-order valence-corrected chi connectivity index (χ4v) is 1.39. The number of hydrogen-bond acceptors (Lipinski definition) is 1. The number of carbonyl (C=O) groups is 1. The van der Waals surface area contributed by atoms with Crippen molar-refractivity contribution >= 4 is 11.6 Å². The van der Waals surface area contributed by atoms with E-state index in [1.165, 1.54) is 5.56 Å². The van der Waals surface area contributed by atoms with Gasteiger partial charge in [0.1, 0.15) is 0 Å². The van der Waals surface area contributed by atoms with E-state index in [2.05, 4.69) is 6.42 Å². The quantitative estimate of drug-likeness (QED) is 0.558. The van der Waals surface area contributed by atoms with Crippen molar-refractivity contribution in [3.8, 4) is 0 Å². The number of anilines is 1. The highest BCUT2D eigenvalue weighted by atomic mass is 16.2. The molecule has 0 saturated heterocycles. The van der Waals surface area contributed by atoms with E-state index in [-0.39, 0.29) is 5.91 Å². The van der Waals surface area contributed by atoms with Crippen LogP contribution in [-0.4, -0.2) is 13.0 Å². The molecule has 0 atom stereocenters. The van der Waals surface area contributed by atoms with E-state index in [1.54, 1.807) is 11.9 Å². The van der Waals surface area contributed by atoms with Gasteiger partial charge in [-0.15, -0.1) is 0 Å². The zero-order valence-corrected chi connectivity index (χ0v) is 6.87. The number of nitrogens with zero attached hydrogens (tertiary/aromatic N) is 1. The number of benzene rings is 1. The predicted molar refractivity (Wildman–Crippen MR) is 46.8 cm³/mol. The lowest BCUT2D eigenvalue weighted by Gasteiger charge is -2.24. The van der Waals surface area contributed by atoms with Gasteiger partial charge in [0, 0.05) is 12.7 Å². The van der Waals surface area contributed by atoms with Crippen LogP contribution in [0.5, 0.6) is 0 Å². The van der Waals surface area contributed by atoms with Crippen molar-refractivity contribution in [1.29, 1.82) is 0 Å². The van der Waals surface area contributed by atoms with Gasteiger partial charge in [0.25, 0.3) is 0 Å². The van der Waals surface area contributed by atoms with Crippen molar-refractivity contribution in [1.82, 2.24) is 0 Å². The second kappa shape index (κ2) is 2.63. The molecular formula is C10H9NO. The topological polar surface area (TPSA) is 20.3 Å². The molecule has 0 bridgehead atoms. The van der Waals surface area contributed by atoms with Crippen LogP contribution >= 0.6 is 0 Å². The summed E-state index contributed by atoms with van der Waals surface area (Å²) in [5.41, 5.74) is 2.17. The van der Waals surface area contributed by atoms with Crippen LogP contribution in [0, 0.1) is 6.42 Å². The van der Waals surface area contributed by atoms with Crippen LogP contribution in [0.1, 0.15) is 5.56 Å². The molecule has 1 aliphatic heterocycles. The molecule has 1 heterocycles. The summed E-state index contributed by atoms with van der Waals surface area (Å²) in [6.07, 6.45) is 3.41. The van der Waals surface area contributed by atoms with Crippen molar-refractivity contribution in [2.45, 2.75) is 6.42 Å². The van der Waals surface area contributed by atoms with Gasteiger partial charge in [-0.3, -0.25) is 4.79 Å². The van der Waals surface area contributed by atoms with E-state index in [9.17, 15) is 4.79 Å². The summed E-state index contributed by atoms with van der Waals surface area (Å²) < 4.78 is 0. The first-order valence-electron chi connectivity index (χ1n) is 3.88. The maximum atomic E-state index is 11.2. The number of amides is 1. The lowest BCUT2D eigenvalue weighted by Crippen LogP contribution is -2.31. The first kappa shape index (κ1) is 7.35. The molecule has 60 valence electrons. The Kier molecular flexibility index (Phi) is 1.61. The Bertz CT molecular complexity index is 319. The lowest BCUT2D eigenvalue weighted by molar-refractivity contribution is -0.115. The molecule has 2 heteroatoms. The minimum absolute atomic E-state index is 0.0336. The number of para-hydroxylation sites is 1. The highest BCUT2D eigenvalue weighted by Crippen LogP contribution is 2.25. The maximum absolute atomic E-state index is 11.2. The summed E-state index contributed by atoms with van der Waals surface area (Å²) in [6, 6.07) is 7.89. The Hall–Kier alpha value is -1.31. The van der Waals surface area contributed by atoms with Crippen LogP contribution in [0.15, 0.2) is 24.3 Å². The zero-order chi connectivity index (χ0) is 8.55. The van der Waals surface area contributed by atoms with Gasteiger partial charge in [-0.05, 0) is 18.1 Å². The largest absolute Gasteiger partial charge is 0.315 e. The van der Waals surface area contributed by atoms with Gasteiger partial charge < -0.3 is 4.90 Å². The molecule has 1 aromatic carbocycles. The molecular weight excluding hydrogens is 150 g/mol. The van der Waals surface area contributed by atoms with Gasteiger partial charge >= 0.3 is 0 Å². The van der Waals surface area contributed by atoms with Crippen molar-refractivity contribution in [3.05, 3.63) is 36.2 Å². The number of rotatable bonds is 0. The Morgan fingerprint density at radius 1 is 1.42 bits per heavy atom. The van der Waals surface area contributed by atoms with Crippen molar-refractivity contribution in [2.75, 3.05) is 11.9 Å². The minimum atomic E-state index is -0.0336. The summed E-state index contributed by atoms with van der Waals surface area (Å²) in [4.78, 5) is 12.8. The number of fused-ring (bicyclic) bond motifs is 1. The fourth-order valence-electron chi connectivity index (χ4n) is 1.39. The molecule has 0 saturated carbocycles. The molecule has 0 fully saturated rings. The first-order chi connectivity index (χ1) is 5.79. The second-order valence-corrected chi connectivity index (χ2v) is 2.85. The summed E-state index contributed by atoms with van der Waals surface area (Å²) >= 11 is 0. The number of hydrogen-bond donors (Lipinski definition) is 0. The van der Waals surface area contributed by atoms with Gasteiger partial charge in [-0.2, -0.15) is 0 Å². The van der Waals surface area contributed by atoms with Gasteiger partial charge in [0.15, 0.2) is 0 Å². The Morgan fingerprint density at radius 3 is 3.00 bits per heavy atom. The summed E-state index contributed by atoms with van der Waals surface area (Å²) in [7, 11) is 1.77. The molecule has 1 amide bonds. The van der Waals surface area contributed by atoms with Crippen molar-refractivity contribution in [3.63, 3.8) is 0 Å². The maximum Gasteiger partial charge on any atom is 0.235 e.